The van der Waals surface area contributed by atoms with Crippen LogP contribution in [0.4, 0.5) is 0 Å². The Morgan fingerprint density at radius 1 is 0.774 bits per heavy atom. The number of aliphatic hydroxyl groups excluding tert-OH is 4. The van der Waals surface area contributed by atoms with Gasteiger partial charge >= 0.3 is 0 Å². The summed E-state index contributed by atoms with van der Waals surface area (Å²) in [5.74, 6) is -0.587. The number of ketones is 2. The lowest BCUT2D eigenvalue weighted by Gasteiger charge is -2.46. The molecule has 7 heterocycles. The van der Waals surface area contributed by atoms with Crippen LogP contribution in [0.1, 0.15) is 84.0 Å². The first-order valence-corrected chi connectivity index (χ1v) is 19.9. The van der Waals surface area contributed by atoms with Crippen LogP contribution in [0.15, 0.2) is 24.3 Å². The Morgan fingerprint density at radius 3 is 2.30 bits per heavy atom. The van der Waals surface area contributed by atoms with Gasteiger partial charge in [0.1, 0.15) is 29.9 Å². The van der Waals surface area contributed by atoms with Crippen molar-refractivity contribution in [2.45, 2.75) is 176 Å². The second kappa shape index (κ2) is 16.9. The summed E-state index contributed by atoms with van der Waals surface area (Å²) < 4.78 is 44.2. The number of aliphatic hydroxyl groups is 4. The molecule has 0 saturated carbocycles. The van der Waals surface area contributed by atoms with E-state index in [2.05, 4.69) is 20.1 Å². The summed E-state index contributed by atoms with van der Waals surface area (Å²) in [7, 11) is 1.58. The predicted molar refractivity (Wildman–Crippen MR) is 189 cm³/mol. The lowest BCUT2D eigenvalue weighted by Crippen LogP contribution is -2.59. The number of carbonyl (C=O) groups is 2. The Labute approximate surface area is 312 Å². The third kappa shape index (κ3) is 8.56. The van der Waals surface area contributed by atoms with Crippen molar-refractivity contribution in [3.63, 3.8) is 0 Å². The fraction of sp³-hybridized carbons (Fsp3) is 0.850. The van der Waals surface area contributed by atoms with Crippen molar-refractivity contribution in [3.8, 4) is 0 Å². The Hall–Kier alpha value is -1.62. The number of ether oxygens (including phenoxy) is 7. The van der Waals surface area contributed by atoms with E-state index in [1.165, 1.54) is 0 Å². The average molecular weight is 749 g/mol. The number of hydrogen-bond donors (Lipinski definition) is 4. The molecule has 0 radical (unpaired) electrons. The summed E-state index contributed by atoms with van der Waals surface area (Å²) in [5.41, 5.74) is 2.00. The quantitative estimate of drug-likeness (QED) is 0.308. The SMILES string of the molecule is C=C1C[C@@H]2CCC(=O)C[C@@H]3O[C@H]4[C@@H](O)[C@H]5C[C@@H](CC(=O)C[C@H]6C(C[C@H]7O[C@@H](CC[C@@H]1O2)C[C@@H](C)C7=C)O[C@H](C[C@H](O)CO)[C@@H]6OC)OC[C@@H]5O[C@H]4[C@H]3O. The van der Waals surface area contributed by atoms with Crippen molar-refractivity contribution in [1.29, 1.82) is 0 Å². The van der Waals surface area contributed by atoms with Gasteiger partial charge in [-0.05, 0) is 55.6 Å². The van der Waals surface area contributed by atoms with Gasteiger partial charge in [-0.2, -0.15) is 0 Å². The maximum atomic E-state index is 13.9. The van der Waals surface area contributed by atoms with Gasteiger partial charge in [-0.3, -0.25) is 9.59 Å². The van der Waals surface area contributed by atoms with Gasteiger partial charge in [0.05, 0.1) is 86.5 Å². The maximum absolute atomic E-state index is 13.9. The monoisotopic (exact) mass is 748 g/mol. The molecule has 7 saturated heterocycles. The standard InChI is InChI=1S/C40H60O13/c1-19-9-26-7-8-30-20(2)10-25(49-30)6-5-22(42)13-33-37(46)40-39(52-33)36(45)28-15-27(48-18-35(28)53-40)11-23(43)12-29-32(16-31(50-26)21(19)3)51-34(38(29)47-4)14-24(44)17-41/h19,24-41,44-46H,2-3,5-18H2,1,4H3/t19-,24+,25+,26+,27-,28+,29+,30+,31-,32?,33+,34-,35+,36+,37+,38-,39+,40+/m1/s1. The zero-order valence-corrected chi connectivity index (χ0v) is 31.2. The molecule has 7 rings (SSSR count). The molecule has 0 spiro atoms. The van der Waals surface area contributed by atoms with Crippen molar-refractivity contribution in [1.82, 2.24) is 0 Å². The first kappa shape index (κ1) is 39.6. The van der Waals surface area contributed by atoms with E-state index >= 15 is 0 Å². The molecule has 18 atom stereocenters. The molecule has 0 aliphatic carbocycles. The minimum atomic E-state index is -1.07. The largest absolute Gasteiger partial charge is 0.394 e. The second-order valence-electron chi connectivity index (χ2n) is 16.9. The number of hydrogen-bond acceptors (Lipinski definition) is 13. The summed E-state index contributed by atoms with van der Waals surface area (Å²) in [6.07, 6.45) is -3.24. The average Bonchev–Trinajstić information content (AvgIpc) is 3.76. The number of rotatable bonds is 4. The van der Waals surface area contributed by atoms with E-state index in [1.807, 2.05) is 0 Å². The molecule has 7 aliphatic heterocycles. The van der Waals surface area contributed by atoms with Crippen LogP contribution in [0.3, 0.4) is 0 Å². The molecule has 13 heteroatoms. The topological polar surface area (TPSA) is 180 Å². The first-order chi connectivity index (χ1) is 25.4. The molecule has 7 aliphatic rings. The normalized spacial score (nSPS) is 47.7. The zero-order valence-electron chi connectivity index (χ0n) is 31.2. The number of fused-ring (bicyclic) bond motifs is 7. The summed E-state index contributed by atoms with van der Waals surface area (Å²) in [6, 6.07) is 0. The smallest absolute Gasteiger partial charge is 0.135 e. The zero-order chi connectivity index (χ0) is 37.6. The van der Waals surface area contributed by atoms with Crippen LogP contribution in [0.25, 0.3) is 0 Å². The van der Waals surface area contributed by atoms with E-state index in [9.17, 15) is 30.0 Å². The molecule has 0 amide bonds. The molecule has 8 bridgehead atoms. The Kier molecular flexibility index (Phi) is 12.6. The highest BCUT2D eigenvalue weighted by atomic mass is 16.6. The van der Waals surface area contributed by atoms with Crippen LogP contribution in [0.5, 0.6) is 0 Å². The van der Waals surface area contributed by atoms with Crippen LogP contribution in [0.2, 0.25) is 0 Å². The predicted octanol–water partition coefficient (Wildman–Crippen LogP) is 2.13. The molecule has 0 aromatic heterocycles. The van der Waals surface area contributed by atoms with E-state index in [-0.39, 0.29) is 92.4 Å². The lowest BCUT2D eigenvalue weighted by atomic mass is 9.79. The molecule has 0 aromatic rings. The van der Waals surface area contributed by atoms with Crippen LogP contribution >= 0.6 is 0 Å². The highest BCUT2D eigenvalue weighted by Crippen LogP contribution is 2.44. The van der Waals surface area contributed by atoms with E-state index < -0.39 is 73.8 Å². The van der Waals surface area contributed by atoms with E-state index in [4.69, 9.17) is 33.2 Å². The second-order valence-corrected chi connectivity index (χ2v) is 16.9. The Bertz CT molecular complexity index is 1340. The minimum absolute atomic E-state index is 0.0160. The van der Waals surface area contributed by atoms with Gasteiger partial charge in [-0.1, -0.05) is 20.1 Å². The fourth-order valence-electron chi connectivity index (χ4n) is 10.2. The van der Waals surface area contributed by atoms with Crippen LogP contribution in [-0.4, -0.2) is 144 Å². The summed E-state index contributed by atoms with van der Waals surface area (Å²) >= 11 is 0. The van der Waals surface area contributed by atoms with Crippen molar-refractivity contribution in [2.24, 2.45) is 17.8 Å². The summed E-state index contributed by atoms with van der Waals surface area (Å²) in [6.45, 7) is 10.6. The molecular formula is C40H60O13. The highest BCUT2D eigenvalue weighted by Gasteiger charge is 2.57. The molecule has 0 aromatic carbocycles. The number of Topliss-reactive ketones (excluding diaryl/α,β-unsaturated/α-hetero) is 2. The van der Waals surface area contributed by atoms with Crippen molar-refractivity contribution in [3.05, 3.63) is 24.3 Å². The highest BCUT2D eigenvalue weighted by molar-refractivity contribution is 5.79. The fourth-order valence-corrected chi connectivity index (χ4v) is 10.2. The van der Waals surface area contributed by atoms with Crippen molar-refractivity contribution < 1.29 is 63.2 Å². The summed E-state index contributed by atoms with van der Waals surface area (Å²) in [4.78, 5) is 27.0. The van der Waals surface area contributed by atoms with E-state index in [0.717, 1.165) is 30.4 Å². The minimum Gasteiger partial charge on any atom is -0.394 e. The van der Waals surface area contributed by atoms with Crippen LogP contribution < -0.4 is 0 Å². The van der Waals surface area contributed by atoms with Crippen molar-refractivity contribution >= 4 is 11.6 Å². The Balaban J connectivity index is 1.11. The van der Waals surface area contributed by atoms with Gasteiger partial charge < -0.3 is 53.6 Å². The van der Waals surface area contributed by atoms with Crippen molar-refractivity contribution in [2.75, 3.05) is 20.3 Å². The third-order valence-corrected chi connectivity index (χ3v) is 13.2. The van der Waals surface area contributed by atoms with Gasteiger partial charge in [0.2, 0.25) is 0 Å². The van der Waals surface area contributed by atoms with Gasteiger partial charge in [-0.15, -0.1) is 0 Å². The van der Waals surface area contributed by atoms with E-state index in [0.29, 0.717) is 25.7 Å². The van der Waals surface area contributed by atoms with E-state index in [1.54, 1.807) is 7.11 Å². The maximum Gasteiger partial charge on any atom is 0.135 e. The lowest BCUT2D eigenvalue weighted by molar-refractivity contribution is -0.235. The van der Waals surface area contributed by atoms with Crippen LogP contribution in [0, 0.1) is 17.8 Å². The molecule has 1 unspecified atom stereocenters. The third-order valence-electron chi connectivity index (χ3n) is 13.2. The summed E-state index contributed by atoms with van der Waals surface area (Å²) in [5, 5.41) is 42.7. The molecular weight excluding hydrogens is 688 g/mol. The Morgan fingerprint density at radius 2 is 1.53 bits per heavy atom. The van der Waals surface area contributed by atoms with Gasteiger partial charge in [0.25, 0.3) is 0 Å². The van der Waals surface area contributed by atoms with Gasteiger partial charge in [0.15, 0.2) is 0 Å². The molecule has 298 valence electrons. The first-order valence-electron chi connectivity index (χ1n) is 19.9. The van der Waals surface area contributed by atoms with Gasteiger partial charge in [-0.25, -0.2) is 0 Å². The van der Waals surface area contributed by atoms with Crippen LogP contribution in [-0.2, 0) is 42.7 Å². The molecule has 7 fully saturated rings. The number of methoxy groups -OCH3 is 1. The molecule has 4 N–H and O–H groups in total. The molecule has 53 heavy (non-hydrogen) atoms. The van der Waals surface area contributed by atoms with Gasteiger partial charge in [0, 0.05) is 57.5 Å². The number of carbonyl (C=O) groups excluding carboxylic acids is 2. The molecule has 13 nitrogen and oxygen atoms in total.